The van der Waals surface area contributed by atoms with Crippen molar-refractivity contribution < 1.29 is 18.9 Å². The van der Waals surface area contributed by atoms with Crippen molar-refractivity contribution in [2.75, 3.05) is 28.4 Å². The monoisotopic (exact) mass is 300 g/mol. The molecule has 0 saturated carbocycles. The summed E-state index contributed by atoms with van der Waals surface area (Å²) in [7, 11) is 6.52. The summed E-state index contributed by atoms with van der Waals surface area (Å²) in [5.74, 6) is 2.92. The quantitative estimate of drug-likeness (QED) is 0.758. The Morgan fingerprint density at radius 1 is 0.591 bits per heavy atom. The third-order valence-electron chi connectivity index (χ3n) is 3.25. The molecule has 0 bridgehead atoms. The van der Waals surface area contributed by atoms with Crippen molar-refractivity contribution in [3.8, 4) is 23.0 Å². The molecule has 116 valence electrons. The highest BCUT2D eigenvalue weighted by atomic mass is 16.5. The molecule has 22 heavy (non-hydrogen) atoms. The fraction of sp³-hybridized carbons (Fsp3) is 0.222. The lowest BCUT2D eigenvalue weighted by molar-refractivity contribution is 0.355. The Kier molecular flexibility index (Phi) is 5.31. The Labute approximate surface area is 130 Å². The molecule has 2 aromatic rings. The van der Waals surface area contributed by atoms with Crippen LogP contribution in [0.4, 0.5) is 0 Å². The normalized spacial score (nSPS) is 10.5. The van der Waals surface area contributed by atoms with Crippen molar-refractivity contribution in [2.45, 2.75) is 0 Å². The van der Waals surface area contributed by atoms with Gasteiger partial charge in [0, 0.05) is 6.07 Å². The highest BCUT2D eigenvalue weighted by Gasteiger charge is 2.03. The van der Waals surface area contributed by atoms with Crippen molar-refractivity contribution in [1.29, 1.82) is 0 Å². The second-order valence-electron chi connectivity index (χ2n) is 4.59. The van der Waals surface area contributed by atoms with Gasteiger partial charge >= 0.3 is 0 Å². The molecule has 0 aliphatic carbocycles. The second kappa shape index (κ2) is 7.41. The number of ether oxygens (including phenoxy) is 4. The Hall–Kier alpha value is -2.62. The third-order valence-corrected chi connectivity index (χ3v) is 3.25. The van der Waals surface area contributed by atoms with Crippen molar-refractivity contribution in [3.05, 3.63) is 47.5 Å². The van der Waals surface area contributed by atoms with Crippen LogP contribution in [0.1, 0.15) is 11.1 Å². The SMILES string of the molecule is COc1cc(/C=C\c2ccc(OC)c(OC)c2)cc(OC)c1. The van der Waals surface area contributed by atoms with Gasteiger partial charge in [0.1, 0.15) is 11.5 Å². The summed E-state index contributed by atoms with van der Waals surface area (Å²) in [5, 5.41) is 0. The molecular formula is C18H20O4. The first-order valence-corrected chi connectivity index (χ1v) is 6.83. The van der Waals surface area contributed by atoms with Gasteiger partial charge in [-0.15, -0.1) is 0 Å². The Morgan fingerprint density at radius 2 is 1.18 bits per heavy atom. The van der Waals surface area contributed by atoms with E-state index in [9.17, 15) is 0 Å². The van der Waals surface area contributed by atoms with Gasteiger partial charge in [0.25, 0.3) is 0 Å². The minimum absolute atomic E-state index is 0.702. The molecule has 0 amide bonds. The molecule has 2 rings (SSSR count). The Morgan fingerprint density at radius 3 is 1.73 bits per heavy atom. The zero-order chi connectivity index (χ0) is 15.9. The maximum absolute atomic E-state index is 5.30. The molecular weight excluding hydrogens is 280 g/mol. The molecule has 0 aliphatic heterocycles. The first kappa shape index (κ1) is 15.8. The van der Waals surface area contributed by atoms with Crippen LogP contribution >= 0.6 is 0 Å². The topological polar surface area (TPSA) is 36.9 Å². The van der Waals surface area contributed by atoms with Crippen molar-refractivity contribution in [2.24, 2.45) is 0 Å². The van der Waals surface area contributed by atoms with E-state index in [1.807, 2.05) is 48.6 Å². The van der Waals surface area contributed by atoms with Crippen LogP contribution in [-0.4, -0.2) is 28.4 Å². The second-order valence-corrected chi connectivity index (χ2v) is 4.59. The van der Waals surface area contributed by atoms with Gasteiger partial charge in [-0.1, -0.05) is 18.2 Å². The van der Waals surface area contributed by atoms with Gasteiger partial charge in [0.05, 0.1) is 28.4 Å². The zero-order valence-corrected chi connectivity index (χ0v) is 13.3. The lowest BCUT2D eigenvalue weighted by Gasteiger charge is -2.08. The summed E-state index contributed by atoms with van der Waals surface area (Å²) >= 11 is 0. The summed E-state index contributed by atoms with van der Waals surface area (Å²) in [6, 6.07) is 11.5. The number of methoxy groups -OCH3 is 4. The predicted octanol–water partition coefficient (Wildman–Crippen LogP) is 3.89. The molecule has 0 unspecified atom stereocenters. The molecule has 0 fully saturated rings. The number of hydrogen-bond donors (Lipinski definition) is 0. The molecule has 0 spiro atoms. The summed E-state index contributed by atoms with van der Waals surface area (Å²) in [6.07, 6.45) is 3.99. The van der Waals surface area contributed by atoms with E-state index in [0.717, 1.165) is 22.6 Å². The average Bonchev–Trinajstić information content (AvgIpc) is 2.59. The predicted molar refractivity (Wildman–Crippen MR) is 88.0 cm³/mol. The van der Waals surface area contributed by atoms with Crippen LogP contribution in [-0.2, 0) is 0 Å². The molecule has 0 heterocycles. The van der Waals surface area contributed by atoms with E-state index in [-0.39, 0.29) is 0 Å². The van der Waals surface area contributed by atoms with Crippen LogP contribution < -0.4 is 18.9 Å². The Balaban J connectivity index is 2.28. The van der Waals surface area contributed by atoms with Gasteiger partial charge in [-0.25, -0.2) is 0 Å². The van der Waals surface area contributed by atoms with Crippen LogP contribution in [0, 0.1) is 0 Å². The molecule has 2 aromatic carbocycles. The van der Waals surface area contributed by atoms with Crippen molar-refractivity contribution in [1.82, 2.24) is 0 Å². The molecule has 0 saturated heterocycles. The van der Waals surface area contributed by atoms with Crippen molar-refractivity contribution in [3.63, 3.8) is 0 Å². The van der Waals surface area contributed by atoms with Crippen LogP contribution in [0.3, 0.4) is 0 Å². The summed E-state index contributed by atoms with van der Waals surface area (Å²) in [5.41, 5.74) is 2.01. The number of benzene rings is 2. The van der Waals surface area contributed by atoms with E-state index in [4.69, 9.17) is 18.9 Å². The lowest BCUT2D eigenvalue weighted by Crippen LogP contribution is -1.90. The number of rotatable bonds is 6. The molecule has 0 aromatic heterocycles. The average molecular weight is 300 g/mol. The maximum atomic E-state index is 5.30. The molecule has 0 aliphatic rings. The largest absolute Gasteiger partial charge is 0.497 e. The molecule has 0 N–H and O–H groups in total. The Bertz CT molecular complexity index is 640. The highest BCUT2D eigenvalue weighted by molar-refractivity contribution is 5.72. The van der Waals surface area contributed by atoms with Crippen LogP contribution in [0.25, 0.3) is 12.2 Å². The maximum Gasteiger partial charge on any atom is 0.161 e. The standard InChI is InChI=1S/C18H20O4/c1-19-15-9-14(10-16(12-15)20-2)6-5-13-7-8-17(21-3)18(11-13)22-4/h5-12H,1-4H3/b6-5-. The third kappa shape index (κ3) is 3.73. The van der Waals surface area contributed by atoms with Crippen molar-refractivity contribution >= 4 is 12.2 Å². The van der Waals surface area contributed by atoms with Gasteiger partial charge in [0.2, 0.25) is 0 Å². The van der Waals surface area contributed by atoms with Gasteiger partial charge in [-0.3, -0.25) is 0 Å². The first-order chi connectivity index (χ1) is 10.7. The summed E-state index contributed by atoms with van der Waals surface area (Å²) in [4.78, 5) is 0. The summed E-state index contributed by atoms with van der Waals surface area (Å²) in [6.45, 7) is 0. The lowest BCUT2D eigenvalue weighted by atomic mass is 10.1. The van der Waals surface area contributed by atoms with Crippen LogP contribution in [0.5, 0.6) is 23.0 Å². The van der Waals surface area contributed by atoms with E-state index < -0.39 is 0 Å². The van der Waals surface area contributed by atoms with E-state index >= 15 is 0 Å². The molecule has 4 heteroatoms. The van der Waals surface area contributed by atoms with E-state index in [2.05, 4.69) is 0 Å². The highest BCUT2D eigenvalue weighted by Crippen LogP contribution is 2.29. The fourth-order valence-electron chi connectivity index (χ4n) is 2.07. The number of hydrogen-bond acceptors (Lipinski definition) is 4. The minimum Gasteiger partial charge on any atom is -0.497 e. The molecule has 0 atom stereocenters. The summed E-state index contributed by atoms with van der Waals surface area (Å²) < 4.78 is 21.1. The van der Waals surface area contributed by atoms with E-state index in [1.165, 1.54) is 0 Å². The molecule has 4 nitrogen and oxygen atoms in total. The van der Waals surface area contributed by atoms with Gasteiger partial charge in [-0.2, -0.15) is 0 Å². The smallest absolute Gasteiger partial charge is 0.161 e. The van der Waals surface area contributed by atoms with Gasteiger partial charge in [-0.05, 0) is 35.4 Å². The van der Waals surface area contributed by atoms with Crippen LogP contribution in [0.15, 0.2) is 36.4 Å². The minimum atomic E-state index is 0.702. The zero-order valence-electron chi connectivity index (χ0n) is 13.3. The fourth-order valence-corrected chi connectivity index (χ4v) is 2.07. The first-order valence-electron chi connectivity index (χ1n) is 6.83. The van der Waals surface area contributed by atoms with Gasteiger partial charge in [0.15, 0.2) is 11.5 Å². The van der Waals surface area contributed by atoms with E-state index in [1.54, 1.807) is 28.4 Å². The van der Waals surface area contributed by atoms with E-state index in [0.29, 0.717) is 11.5 Å². The molecule has 0 radical (unpaired) electrons. The van der Waals surface area contributed by atoms with Crippen LogP contribution in [0.2, 0.25) is 0 Å². The van der Waals surface area contributed by atoms with Gasteiger partial charge < -0.3 is 18.9 Å².